The molecule has 1 rings (SSSR count). The minimum Gasteiger partial charge on any atom is -0.506 e. The number of rotatable bonds is 5. The number of nitro benzene ring substituents is 1. The molecule has 0 aliphatic rings. The zero-order valence-electron chi connectivity index (χ0n) is 9.55. The third-order valence-corrected chi connectivity index (χ3v) is 4.15. The van der Waals surface area contributed by atoms with E-state index in [0.717, 1.165) is 0 Å². The Kier molecular flexibility index (Phi) is 4.18. The summed E-state index contributed by atoms with van der Waals surface area (Å²) in [4.78, 5) is 8.69. The minimum atomic E-state index is -4.66. The van der Waals surface area contributed by atoms with Crippen molar-refractivity contribution in [1.82, 2.24) is 4.72 Å². The molecule has 112 valence electrons. The number of nitrogens with zero attached hydrogens (tertiary/aromatic N) is 1. The molecule has 0 amide bonds. The maximum absolute atomic E-state index is 11.7. The molecule has 0 fully saturated rings. The highest BCUT2D eigenvalue weighted by Crippen LogP contribution is 2.32. The van der Waals surface area contributed by atoms with Gasteiger partial charge in [0.2, 0.25) is 10.0 Å². The molecule has 0 spiro atoms. The molecule has 0 saturated heterocycles. The molecule has 0 aliphatic heterocycles. The fraction of sp³-hybridized carbons (Fsp3) is 0.143. The number of hydrogen-bond donors (Lipinski definition) is 4. The number of sulfonamides is 1. The van der Waals surface area contributed by atoms with Gasteiger partial charge in [-0.15, -0.1) is 0 Å². The number of hydrogen-bond acceptors (Lipinski definition) is 8. The van der Waals surface area contributed by atoms with Gasteiger partial charge in [0, 0.05) is 0 Å². The third-order valence-electron chi connectivity index (χ3n) is 2.03. The van der Waals surface area contributed by atoms with E-state index in [-0.39, 0.29) is 0 Å². The molecule has 0 heterocycles. The Morgan fingerprint density at radius 1 is 1.30 bits per heavy atom. The first-order chi connectivity index (χ1) is 8.94. The average Bonchev–Trinajstić information content (AvgIpc) is 2.28. The lowest BCUT2D eigenvalue weighted by atomic mass is 10.2. The highest BCUT2D eigenvalue weighted by Gasteiger charge is 2.28. The van der Waals surface area contributed by atoms with Crippen molar-refractivity contribution in [3.8, 4) is 5.75 Å². The number of nitrogens with one attached hydrogen (secondary N) is 1. The fourth-order valence-electron chi connectivity index (χ4n) is 1.16. The first-order valence-electron chi connectivity index (χ1n) is 4.66. The van der Waals surface area contributed by atoms with Gasteiger partial charge in [-0.3, -0.25) is 14.7 Å². The monoisotopic (exact) mass is 327 g/mol. The highest BCUT2D eigenvalue weighted by atomic mass is 32.2. The second-order valence-electron chi connectivity index (χ2n) is 3.51. The predicted molar refractivity (Wildman–Crippen MR) is 65.9 cm³/mol. The Morgan fingerprint density at radius 3 is 2.30 bits per heavy atom. The second kappa shape index (κ2) is 5.20. The van der Waals surface area contributed by atoms with Crippen LogP contribution >= 0.6 is 0 Å². The summed E-state index contributed by atoms with van der Waals surface area (Å²) in [7, 11) is -9.29. The molecular weight excluding hydrogens is 318 g/mol. The Morgan fingerprint density at radius 2 is 1.85 bits per heavy atom. The summed E-state index contributed by atoms with van der Waals surface area (Å²) in [6.45, 7) is 0. The Bertz CT molecular complexity index is 755. The van der Waals surface area contributed by atoms with E-state index in [1.807, 2.05) is 0 Å². The van der Waals surface area contributed by atoms with Gasteiger partial charge in [0.15, 0.2) is 4.90 Å². The normalized spacial score (nSPS) is 12.2. The molecule has 1 aromatic carbocycles. The summed E-state index contributed by atoms with van der Waals surface area (Å²) < 4.78 is 54.3. The van der Waals surface area contributed by atoms with Crippen LogP contribution in [0.5, 0.6) is 5.75 Å². The summed E-state index contributed by atoms with van der Waals surface area (Å²) in [6.07, 6.45) is 0. The Hall–Kier alpha value is -1.96. The van der Waals surface area contributed by atoms with E-state index in [4.69, 9.17) is 10.3 Å². The molecule has 0 aromatic heterocycles. The second-order valence-corrected chi connectivity index (χ2v) is 6.70. The Labute approximate surface area is 113 Å². The molecule has 13 heteroatoms. The van der Waals surface area contributed by atoms with Gasteiger partial charge in [-0.05, 0) is 6.07 Å². The first-order valence-corrected chi connectivity index (χ1v) is 7.75. The molecule has 11 nitrogen and oxygen atoms in total. The third kappa shape index (κ3) is 3.77. The van der Waals surface area contributed by atoms with Gasteiger partial charge in [-0.2, -0.15) is 13.1 Å². The molecule has 1 aromatic rings. The lowest BCUT2D eigenvalue weighted by Gasteiger charge is -2.07. The summed E-state index contributed by atoms with van der Waals surface area (Å²) in [6, 6.07) is 1.11. The van der Waals surface area contributed by atoms with Gasteiger partial charge in [0.25, 0.3) is 15.8 Å². The maximum atomic E-state index is 11.7. The number of aromatic hydroxyl groups is 1. The van der Waals surface area contributed by atoms with Crippen molar-refractivity contribution in [3.05, 3.63) is 22.2 Å². The number of anilines is 1. The topological polar surface area (TPSA) is 190 Å². The van der Waals surface area contributed by atoms with E-state index in [9.17, 15) is 32.1 Å². The van der Waals surface area contributed by atoms with Crippen LogP contribution < -0.4 is 10.5 Å². The molecule has 0 bridgehead atoms. The number of phenols is 1. The zero-order valence-corrected chi connectivity index (χ0v) is 11.2. The smallest absolute Gasteiger partial charge is 0.293 e. The van der Waals surface area contributed by atoms with Crippen molar-refractivity contribution in [1.29, 1.82) is 0 Å². The van der Waals surface area contributed by atoms with Gasteiger partial charge >= 0.3 is 0 Å². The lowest BCUT2D eigenvalue weighted by Crippen LogP contribution is -2.30. The molecule has 0 aliphatic carbocycles. The molecule has 0 unspecified atom stereocenters. The Balaban J connectivity index is 3.37. The zero-order chi connectivity index (χ0) is 15.7. The van der Waals surface area contributed by atoms with Crippen LogP contribution in [0.3, 0.4) is 0 Å². The van der Waals surface area contributed by atoms with Crippen LogP contribution in [0.4, 0.5) is 11.4 Å². The van der Waals surface area contributed by atoms with Crippen LogP contribution in [0, 0.1) is 10.1 Å². The van der Waals surface area contributed by atoms with Crippen molar-refractivity contribution in [2.24, 2.45) is 0 Å². The molecule has 0 radical (unpaired) electrons. The van der Waals surface area contributed by atoms with E-state index < -0.39 is 53.0 Å². The van der Waals surface area contributed by atoms with Gasteiger partial charge < -0.3 is 10.8 Å². The fourth-order valence-corrected chi connectivity index (χ4v) is 3.22. The van der Waals surface area contributed by atoms with Crippen LogP contribution in [0.1, 0.15) is 0 Å². The van der Waals surface area contributed by atoms with E-state index in [2.05, 4.69) is 0 Å². The summed E-state index contributed by atoms with van der Waals surface area (Å²) >= 11 is 0. The van der Waals surface area contributed by atoms with Crippen molar-refractivity contribution < 1.29 is 31.4 Å². The first kappa shape index (κ1) is 16.1. The predicted octanol–water partition coefficient (Wildman–Crippen LogP) is -0.994. The van der Waals surface area contributed by atoms with Crippen LogP contribution in [0.15, 0.2) is 17.0 Å². The van der Waals surface area contributed by atoms with Gasteiger partial charge in [0.1, 0.15) is 11.6 Å². The molecule has 20 heavy (non-hydrogen) atoms. The minimum absolute atomic E-state index is 0.456. The number of benzene rings is 1. The van der Waals surface area contributed by atoms with Gasteiger partial charge in [0.05, 0.1) is 16.7 Å². The van der Waals surface area contributed by atoms with Gasteiger partial charge in [-0.25, -0.2) is 8.42 Å². The van der Waals surface area contributed by atoms with Crippen molar-refractivity contribution >= 4 is 31.5 Å². The van der Waals surface area contributed by atoms with Crippen molar-refractivity contribution in [3.63, 3.8) is 0 Å². The number of nitrogens with two attached hydrogens (primary N) is 1. The lowest BCUT2D eigenvalue weighted by molar-refractivity contribution is -0.387. The summed E-state index contributed by atoms with van der Waals surface area (Å²) in [5.41, 5.74) is 3.78. The standard InChI is InChI=1S/C7H9N3O8S2/c8-4-1-7(5(10(12)13)2-6(4)11)20(17,18)9-3-19(14,15)16/h1-2,9,11H,3,8H2,(H,14,15,16). The SMILES string of the molecule is Nc1cc(S(=O)(=O)NCS(=O)(=O)O)c([N+](=O)[O-])cc1O. The largest absolute Gasteiger partial charge is 0.506 e. The quantitative estimate of drug-likeness (QED) is 0.173. The van der Waals surface area contributed by atoms with E-state index in [0.29, 0.717) is 12.1 Å². The average molecular weight is 327 g/mol. The van der Waals surface area contributed by atoms with Crippen molar-refractivity contribution in [2.45, 2.75) is 4.90 Å². The van der Waals surface area contributed by atoms with E-state index >= 15 is 0 Å². The van der Waals surface area contributed by atoms with E-state index in [1.165, 1.54) is 4.72 Å². The molecular formula is C7H9N3O8S2. The maximum Gasteiger partial charge on any atom is 0.293 e. The van der Waals surface area contributed by atoms with Crippen molar-refractivity contribution in [2.75, 3.05) is 11.6 Å². The van der Waals surface area contributed by atoms with Crippen LogP contribution in [-0.2, 0) is 20.1 Å². The number of nitro groups is 1. The molecule has 0 saturated carbocycles. The number of phenolic OH excluding ortho intramolecular Hbond substituents is 1. The van der Waals surface area contributed by atoms with Crippen LogP contribution in [-0.4, -0.2) is 37.3 Å². The van der Waals surface area contributed by atoms with E-state index in [1.54, 1.807) is 0 Å². The number of nitrogen functional groups attached to an aromatic ring is 1. The summed E-state index contributed by atoms with van der Waals surface area (Å²) in [5.74, 6) is -2.07. The van der Waals surface area contributed by atoms with Crippen LogP contribution in [0.2, 0.25) is 0 Å². The molecule has 5 N–H and O–H groups in total. The summed E-state index contributed by atoms with van der Waals surface area (Å²) in [5, 5.41) is 19.9. The molecule has 0 atom stereocenters. The van der Waals surface area contributed by atoms with Gasteiger partial charge in [-0.1, -0.05) is 0 Å². The highest BCUT2D eigenvalue weighted by molar-refractivity contribution is 7.91. The van der Waals surface area contributed by atoms with Crippen LogP contribution in [0.25, 0.3) is 0 Å².